The van der Waals surface area contributed by atoms with Gasteiger partial charge in [0.25, 0.3) is 0 Å². The van der Waals surface area contributed by atoms with Gasteiger partial charge in [0.05, 0.1) is 19.8 Å². The molecule has 4 heteroatoms. The van der Waals surface area contributed by atoms with Crippen molar-refractivity contribution in [2.75, 3.05) is 39.8 Å². The Hall–Kier alpha value is -0.160. The molecule has 0 amide bonds. The van der Waals surface area contributed by atoms with Crippen molar-refractivity contribution in [3.8, 4) is 0 Å². The first kappa shape index (κ1) is 10.8. The fourth-order valence-electron chi connectivity index (χ4n) is 0.480. The minimum absolute atomic E-state index is 0.189. The SMILES string of the molecule is CCOCOCCOCC[O]. The van der Waals surface area contributed by atoms with Crippen molar-refractivity contribution in [2.45, 2.75) is 6.92 Å². The zero-order valence-corrected chi connectivity index (χ0v) is 6.88. The van der Waals surface area contributed by atoms with Crippen molar-refractivity contribution < 1.29 is 19.3 Å². The van der Waals surface area contributed by atoms with Gasteiger partial charge < -0.3 is 14.2 Å². The highest BCUT2D eigenvalue weighted by Gasteiger charge is 1.87. The van der Waals surface area contributed by atoms with Gasteiger partial charge >= 0.3 is 0 Å². The van der Waals surface area contributed by atoms with E-state index in [0.717, 1.165) is 0 Å². The normalized spacial score (nSPS) is 10.4. The van der Waals surface area contributed by atoms with Gasteiger partial charge in [0, 0.05) is 6.61 Å². The Balaban J connectivity index is 2.69. The van der Waals surface area contributed by atoms with E-state index in [1.54, 1.807) is 0 Å². The lowest BCUT2D eigenvalue weighted by Gasteiger charge is -2.03. The molecule has 0 aliphatic rings. The molecule has 0 aromatic heterocycles. The van der Waals surface area contributed by atoms with Crippen LogP contribution in [0.2, 0.25) is 0 Å². The van der Waals surface area contributed by atoms with Crippen LogP contribution in [0.4, 0.5) is 0 Å². The van der Waals surface area contributed by atoms with E-state index in [0.29, 0.717) is 26.6 Å². The third kappa shape index (κ3) is 9.84. The molecule has 11 heavy (non-hydrogen) atoms. The van der Waals surface area contributed by atoms with Crippen LogP contribution in [0.5, 0.6) is 0 Å². The molecule has 0 fully saturated rings. The summed E-state index contributed by atoms with van der Waals surface area (Å²) in [6.45, 7) is 3.88. The van der Waals surface area contributed by atoms with Gasteiger partial charge in [-0.3, -0.25) is 0 Å². The molecule has 67 valence electrons. The van der Waals surface area contributed by atoms with E-state index in [4.69, 9.17) is 14.2 Å². The Kier molecular flexibility index (Phi) is 9.70. The van der Waals surface area contributed by atoms with Gasteiger partial charge in [0.1, 0.15) is 13.4 Å². The summed E-state index contributed by atoms with van der Waals surface area (Å²) < 4.78 is 14.7. The molecule has 0 aliphatic carbocycles. The summed E-state index contributed by atoms with van der Waals surface area (Å²) in [5.74, 6) is 0. The Labute approximate surface area is 67.1 Å². The summed E-state index contributed by atoms with van der Waals surface area (Å²) in [5.41, 5.74) is 0. The lowest BCUT2D eigenvalue weighted by Crippen LogP contribution is -2.08. The maximum absolute atomic E-state index is 9.87. The predicted octanol–water partition coefficient (Wildman–Crippen LogP) is 0.444. The molecule has 4 nitrogen and oxygen atoms in total. The minimum Gasteiger partial charge on any atom is -0.377 e. The summed E-state index contributed by atoms with van der Waals surface area (Å²) in [5, 5.41) is 9.87. The van der Waals surface area contributed by atoms with E-state index in [9.17, 15) is 5.11 Å². The predicted molar refractivity (Wildman–Crippen MR) is 38.8 cm³/mol. The summed E-state index contributed by atoms with van der Waals surface area (Å²) in [7, 11) is 0. The third-order valence-corrected chi connectivity index (χ3v) is 0.970. The molecule has 0 aliphatic heterocycles. The topological polar surface area (TPSA) is 47.6 Å². The molecule has 0 spiro atoms. The number of hydrogen-bond donors (Lipinski definition) is 0. The second-order valence-electron chi connectivity index (χ2n) is 1.84. The average molecular weight is 163 g/mol. The van der Waals surface area contributed by atoms with Crippen LogP contribution in [0.15, 0.2) is 0 Å². The van der Waals surface area contributed by atoms with E-state index in [1.807, 2.05) is 6.92 Å². The van der Waals surface area contributed by atoms with Crippen LogP contribution in [-0.2, 0) is 19.3 Å². The first-order valence-corrected chi connectivity index (χ1v) is 3.73. The van der Waals surface area contributed by atoms with Crippen molar-refractivity contribution >= 4 is 0 Å². The number of ether oxygens (including phenoxy) is 3. The van der Waals surface area contributed by atoms with Gasteiger partial charge in [-0.25, -0.2) is 5.11 Å². The molecule has 0 unspecified atom stereocenters. The first-order valence-electron chi connectivity index (χ1n) is 3.73. The molecule has 0 aromatic carbocycles. The lowest BCUT2D eigenvalue weighted by atomic mass is 10.7. The summed E-state index contributed by atoms with van der Waals surface area (Å²) in [6, 6.07) is 0. The van der Waals surface area contributed by atoms with E-state index in [2.05, 4.69) is 0 Å². The molecule has 1 radical (unpaired) electrons. The van der Waals surface area contributed by atoms with Gasteiger partial charge in [-0.05, 0) is 6.92 Å². The Morgan fingerprint density at radius 3 is 2.36 bits per heavy atom. The molecule has 0 atom stereocenters. The highest BCUT2D eigenvalue weighted by Crippen LogP contribution is 1.79. The van der Waals surface area contributed by atoms with Crippen LogP contribution in [-0.4, -0.2) is 39.8 Å². The van der Waals surface area contributed by atoms with Crippen LogP contribution in [0.3, 0.4) is 0 Å². The van der Waals surface area contributed by atoms with Crippen molar-refractivity contribution in [1.29, 1.82) is 0 Å². The Bertz CT molecular complexity index is 59.5. The molecule has 0 heterocycles. The smallest absolute Gasteiger partial charge is 0.146 e. The second kappa shape index (κ2) is 9.84. The molecule has 0 rings (SSSR count). The highest BCUT2D eigenvalue weighted by molar-refractivity contribution is 4.27. The van der Waals surface area contributed by atoms with Gasteiger partial charge in [-0.15, -0.1) is 0 Å². The molecular formula is C7H15O4. The van der Waals surface area contributed by atoms with Crippen molar-refractivity contribution in [2.24, 2.45) is 0 Å². The fourth-order valence-corrected chi connectivity index (χ4v) is 0.480. The van der Waals surface area contributed by atoms with Gasteiger partial charge in [-0.2, -0.15) is 0 Å². The highest BCUT2D eigenvalue weighted by atomic mass is 16.7. The molecule has 0 bridgehead atoms. The van der Waals surface area contributed by atoms with Gasteiger partial charge in [0.15, 0.2) is 0 Å². The molecule has 0 N–H and O–H groups in total. The number of rotatable bonds is 8. The zero-order chi connectivity index (χ0) is 8.36. The first-order chi connectivity index (χ1) is 5.41. The maximum Gasteiger partial charge on any atom is 0.146 e. The fraction of sp³-hybridized carbons (Fsp3) is 1.00. The van der Waals surface area contributed by atoms with Crippen molar-refractivity contribution in [3.05, 3.63) is 0 Å². The summed E-state index contributed by atoms with van der Waals surface area (Å²) in [6.07, 6.45) is 0. The van der Waals surface area contributed by atoms with Crippen LogP contribution in [0, 0.1) is 0 Å². The average Bonchev–Trinajstić information content (AvgIpc) is 2.03. The van der Waals surface area contributed by atoms with Crippen molar-refractivity contribution in [1.82, 2.24) is 0 Å². The Morgan fingerprint density at radius 1 is 1.00 bits per heavy atom. The van der Waals surface area contributed by atoms with E-state index in [1.165, 1.54) is 0 Å². The largest absolute Gasteiger partial charge is 0.377 e. The molecule has 0 saturated heterocycles. The standard InChI is InChI=1S/C7H15O4/c1-2-9-7-11-6-5-10-4-3-8/h2-7H2,1H3. The quantitative estimate of drug-likeness (QED) is 0.385. The van der Waals surface area contributed by atoms with Crippen LogP contribution >= 0.6 is 0 Å². The Morgan fingerprint density at radius 2 is 1.73 bits per heavy atom. The molecular weight excluding hydrogens is 148 g/mol. The molecule has 0 aromatic rings. The monoisotopic (exact) mass is 163 g/mol. The minimum atomic E-state index is -0.189. The third-order valence-electron chi connectivity index (χ3n) is 0.970. The van der Waals surface area contributed by atoms with Gasteiger partial charge in [0.2, 0.25) is 0 Å². The van der Waals surface area contributed by atoms with Crippen LogP contribution in [0.25, 0.3) is 0 Å². The molecule has 0 saturated carbocycles. The van der Waals surface area contributed by atoms with Crippen LogP contribution < -0.4 is 0 Å². The van der Waals surface area contributed by atoms with Crippen molar-refractivity contribution in [3.63, 3.8) is 0 Å². The summed E-state index contributed by atoms with van der Waals surface area (Å²) >= 11 is 0. The van der Waals surface area contributed by atoms with Gasteiger partial charge in [-0.1, -0.05) is 0 Å². The van der Waals surface area contributed by atoms with E-state index in [-0.39, 0.29) is 13.2 Å². The number of hydrogen-bond acceptors (Lipinski definition) is 3. The zero-order valence-electron chi connectivity index (χ0n) is 6.88. The lowest BCUT2D eigenvalue weighted by molar-refractivity contribution is -0.0685. The maximum atomic E-state index is 9.87. The van der Waals surface area contributed by atoms with E-state index < -0.39 is 0 Å². The van der Waals surface area contributed by atoms with E-state index >= 15 is 0 Å². The second-order valence-corrected chi connectivity index (χ2v) is 1.84. The summed E-state index contributed by atoms with van der Waals surface area (Å²) in [4.78, 5) is 0. The van der Waals surface area contributed by atoms with Crippen LogP contribution in [0.1, 0.15) is 6.92 Å².